The van der Waals surface area contributed by atoms with Crippen LogP contribution in [0.5, 0.6) is 0 Å². The Bertz CT molecular complexity index is 643. The van der Waals surface area contributed by atoms with Crippen LogP contribution in [-0.4, -0.2) is 4.98 Å². The van der Waals surface area contributed by atoms with Crippen molar-refractivity contribution < 1.29 is 4.42 Å². The van der Waals surface area contributed by atoms with Crippen LogP contribution in [0.1, 0.15) is 18.2 Å². The van der Waals surface area contributed by atoms with Gasteiger partial charge in [0.1, 0.15) is 5.76 Å². The van der Waals surface area contributed by atoms with Gasteiger partial charge in [-0.15, -0.1) is 0 Å². The van der Waals surface area contributed by atoms with Gasteiger partial charge in [-0.25, -0.2) is 4.98 Å². The van der Waals surface area contributed by atoms with Crippen molar-refractivity contribution in [1.29, 1.82) is 0 Å². The Morgan fingerprint density at radius 1 is 1.28 bits per heavy atom. The standard InChI is InChI=1S/C14H14N2OS/c1-2-10-5-3-7-12-13(10)16-14(18-12)15-9-11-6-4-8-17-11/h3-8H,2,9H2,1H3,(H,15,16). The Morgan fingerprint density at radius 2 is 2.22 bits per heavy atom. The third-order valence-electron chi connectivity index (χ3n) is 2.88. The topological polar surface area (TPSA) is 38.1 Å². The number of furan rings is 1. The lowest BCUT2D eigenvalue weighted by atomic mass is 10.1. The molecule has 0 saturated carbocycles. The zero-order valence-corrected chi connectivity index (χ0v) is 11.0. The van der Waals surface area contributed by atoms with Gasteiger partial charge >= 0.3 is 0 Å². The molecule has 0 aliphatic carbocycles. The van der Waals surface area contributed by atoms with E-state index in [1.54, 1.807) is 17.6 Å². The Labute approximate surface area is 109 Å². The average molecular weight is 258 g/mol. The van der Waals surface area contributed by atoms with Crippen LogP contribution in [0, 0.1) is 0 Å². The quantitative estimate of drug-likeness (QED) is 0.766. The van der Waals surface area contributed by atoms with Crippen LogP contribution in [0.2, 0.25) is 0 Å². The third-order valence-corrected chi connectivity index (χ3v) is 3.86. The predicted octanol–water partition coefficient (Wildman–Crippen LogP) is 4.06. The van der Waals surface area contributed by atoms with Gasteiger partial charge in [0.2, 0.25) is 0 Å². The molecule has 0 aliphatic heterocycles. The molecule has 3 nitrogen and oxygen atoms in total. The number of nitrogens with one attached hydrogen (secondary N) is 1. The van der Waals surface area contributed by atoms with Crippen molar-refractivity contribution >= 4 is 26.7 Å². The Kier molecular flexibility index (Phi) is 3.02. The summed E-state index contributed by atoms with van der Waals surface area (Å²) in [5.41, 5.74) is 2.42. The number of benzene rings is 1. The summed E-state index contributed by atoms with van der Waals surface area (Å²) in [6, 6.07) is 10.2. The lowest BCUT2D eigenvalue weighted by Gasteiger charge is -1.98. The minimum absolute atomic E-state index is 0.675. The number of hydrogen-bond acceptors (Lipinski definition) is 4. The van der Waals surface area contributed by atoms with E-state index in [4.69, 9.17) is 4.42 Å². The molecule has 0 amide bonds. The van der Waals surface area contributed by atoms with Crippen molar-refractivity contribution in [3.05, 3.63) is 47.9 Å². The van der Waals surface area contributed by atoms with Crippen LogP contribution in [0.15, 0.2) is 41.0 Å². The number of aromatic nitrogens is 1. The van der Waals surface area contributed by atoms with E-state index in [1.807, 2.05) is 12.1 Å². The van der Waals surface area contributed by atoms with Gasteiger partial charge in [0.05, 0.1) is 23.0 Å². The van der Waals surface area contributed by atoms with Crippen LogP contribution >= 0.6 is 11.3 Å². The fourth-order valence-electron chi connectivity index (χ4n) is 1.94. The number of rotatable bonds is 4. The fourth-order valence-corrected chi connectivity index (χ4v) is 2.85. The highest BCUT2D eigenvalue weighted by molar-refractivity contribution is 7.22. The Balaban J connectivity index is 1.85. The van der Waals surface area contributed by atoms with Crippen LogP contribution in [-0.2, 0) is 13.0 Å². The SMILES string of the molecule is CCc1cccc2sc(NCc3ccco3)nc12. The summed E-state index contributed by atoms with van der Waals surface area (Å²) in [4.78, 5) is 4.65. The van der Waals surface area contributed by atoms with Crippen molar-refractivity contribution in [2.24, 2.45) is 0 Å². The van der Waals surface area contributed by atoms with E-state index >= 15 is 0 Å². The molecule has 0 saturated heterocycles. The zero-order valence-electron chi connectivity index (χ0n) is 10.1. The summed E-state index contributed by atoms with van der Waals surface area (Å²) in [5, 5.41) is 4.25. The number of para-hydroxylation sites is 1. The van der Waals surface area contributed by atoms with Gasteiger partial charge in [0.25, 0.3) is 0 Å². The van der Waals surface area contributed by atoms with E-state index in [-0.39, 0.29) is 0 Å². The molecule has 0 radical (unpaired) electrons. The normalized spacial score (nSPS) is 10.9. The Morgan fingerprint density at radius 3 is 3.00 bits per heavy atom. The zero-order chi connectivity index (χ0) is 12.4. The van der Waals surface area contributed by atoms with Gasteiger partial charge < -0.3 is 9.73 Å². The van der Waals surface area contributed by atoms with Crippen molar-refractivity contribution in [3.8, 4) is 0 Å². The molecular formula is C14H14N2OS. The lowest BCUT2D eigenvalue weighted by molar-refractivity contribution is 0.518. The predicted molar refractivity (Wildman–Crippen MR) is 75.0 cm³/mol. The van der Waals surface area contributed by atoms with Gasteiger partial charge in [0, 0.05) is 0 Å². The largest absolute Gasteiger partial charge is 0.467 e. The second-order valence-electron chi connectivity index (χ2n) is 4.07. The molecule has 3 aromatic rings. The van der Waals surface area contributed by atoms with Crippen molar-refractivity contribution in [2.45, 2.75) is 19.9 Å². The number of thiazole rings is 1. The number of hydrogen-bond donors (Lipinski definition) is 1. The first kappa shape index (κ1) is 11.3. The molecule has 0 fully saturated rings. The second-order valence-corrected chi connectivity index (χ2v) is 5.10. The van der Waals surface area contributed by atoms with Gasteiger partial charge in [0.15, 0.2) is 5.13 Å². The third kappa shape index (κ3) is 2.11. The molecule has 1 aromatic carbocycles. The molecule has 3 rings (SSSR count). The van der Waals surface area contributed by atoms with E-state index in [0.29, 0.717) is 6.54 Å². The molecule has 4 heteroatoms. The minimum atomic E-state index is 0.675. The first-order chi connectivity index (χ1) is 8.86. The van der Waals surface area contributed by atoms with Gasteiger partial charge in [-0.05, 0) is 30.2 Å². The average Bonchev–Trinajstić information content (AvgIpc) is 3.04. The Hall–Kier alpha value is -1.81. The monoisotopic (exact) mass is 258 g/mol. The summed E-state index contributed by atoms with van der Waals surface area (Å²) in [6.45, 7) is 2.83. The molecule has 92 valence electrons. The highest BCUT2D eigenvalue weighted by Gasteiger charge is 2.07. The molecule has 0 bridgehead atoms. The molecule has 18 heavy (non-hydrogen) atoms. The molecule has 0 unspecified atom stereocenters. The molecule has 2 heterocycles. The van der Waals surface area contributed by atoms with Crippen molar-refractivity contribution in [1.82, 2.24) is 4.98 Å². The second kappa shape index (κ2) is 4.82. The van der Waals surface area contributed by atoms with Crippen molar-refractivity contribution in [2.75, 3.05) is 5.32 Å². The number of nitrogens with zero attached hydrogens (tertiary/aromatic N) is 1. The van der Waals surface area contributed by atoms with E-state index in [1.165, 1.54) is 10.3 Å². The van der Waals surface area contributed by atoms with Gasteiger partial charge in [-0.3, -0.25) is 0 Å². The number of fused-ring (bicyclic) bond motifs is 1. The summed E-state index contributed by atoms with van der Waals surface area (Å²) >= 11 is 1.68. The summed E-state index contributed by atoms with van der Waals surface area (Å²) in [7, 11) is 0. The first-order valence-electron chi connectivity index (χ1n) is 6.01. The molecule has 0 spiro atoms. The van der Waals surface area contributed by atoms with Crippen LogP contribution in [0.3, 0.4) is 0 Å². The molecule has 0 aliphatic rings. The summed E-state index contributed by atoms with van der Waals surface area (Å²) in [5.74, 6) is 0.921. The molecule has 2 aromatic heterocycles. The maximum absolute atomic E-state index is 5.29. The van der Waals surface area contributed by atoms with Crippen LogP contribution in [0.25, 0.3) is 10.2 Å². The maximum atomic E-state index is 5.29. The smallest absolute Gasteiger partial charge is 0.184 e. The summed E-state index contributed by atoms with van der Waals surface area (Å²) < 4.78 is 6.52. The minimum Gasteiger partial charge on any atom is -0.467 e. The van der Waals surface area contributed by atoms with E-state index in [9.17, 15) is 0 Å². The van der Waals surface area contributed by atoms with E-state index in [2.05, 4.69) is 35.4 Å². The molecule has 0 atom stereocenters. The van der Waals surface area contributed by atoms with Gasteiger partial charge in [-0.1, -0.05) is 30.4 Å². The van der Waals surface area contributed by atoms with E-state index < -0.39 is 0 Å². The van der Waals surface area contributed by atoms with Crippen LogP contribution < -0.4 is 5.32 Å². The maximum Gasteiger partial charge on any atom is 0.184 e. The van der Waals surface area contributed by atoms with Gasteiger partial charge in [-0.2, -0.15) is 0 Å². The lowest BCUT2D eigenvalue weighted by Crippen LogP contribution is -1.97. The van der Waals surface area contributed by atoms with Crippen LogP contribution in [0.4, 0.5) is 5.13 Å². The number of aryl methyl sites for hydroxylation is 1. The molecule has 1 N–H and O–H groups in total. The fraction of sp³-hybridized carbons (Fsp3) is 0.214. The number of anilines is 1. The highest BCUT2D eigenvalue weighted by Crippen LogP contribution is 2.28. The molecular weight excluding hydrogens is 244 g/mol. The summed E-state index contributed by atoms with van der Waals surface area (Å²) in [6.07, 6.45) is 2.70. The first-order valence-corrected chi connectivity index (χ1v) is 6.83. The van der Waals surface area contributed by atoms with Crippen molar-refractivity contribution in [3.63, 3.8) is 0 Å². The van der Waals surface area contributed by atoms with E-state index in [0.717, 1.165) is 22.8 Å². The highest BCUT2D eigenvalue weighted by atomic mass is 32.1.